The van der Waals surface area contributed by atoms with Crippen LogP contribution in [0.4, 0.5) is 13.2 Å². The van der Waals surface area contributed by atoms with Crippen molar-refractivity contribution >= 4 is 11.7 Å². The van der Waals surface area contributed by atoms with E-state index in [2.05, 4.69) is 20.4 Å². The molecule has 0 fully saturated rings. The van der Waals surface area contributed by atoms with Gasteiger partial charge in [-0.15, -0.1) is 5.10 Å². The number of rotatable bonds is 4. The zero-order valence-electron chi connectivity index (χ0n) is 14.3. The SMILES string of the molecule is Cc1nc2nc(C(F)(F)F)nn2c(C)c1CC(=O)N[C@H](C)c1ccco1. The molecule has 7 nitrogen and oxygen atoms in total. The van der Waals surface area contributed by atoms with Crippen molar-refractivity contribution in [1.82, 2.24) is 24.9 Å². The van der Waals surface area contributed by atoms with Gasteiger partial charge in [-0.25, -0.2) is 9.50 Å². The van der Waals surface area contributed by atoms with Crippen LogP contribution < -0.4 is 5.32 Å². The summed E-state index contributed by atoms with van der Waals surface area (Å²) in [6.45, 7) is 4.97. The molecule has 0 aromatic carbocycles. The third-order valence-corrected chi connectivity index (χ3v) is 3.99. The van der Waals surface area contributed by atoms with Crippen molar-refractivity contribution in [3.63, 3.8) is 0 Å². The van der Waals surface area contributed by atoms with Crippen LogP contribution in [0.3, 0.4) is 0 Å². The fourth-order valence-corrected chi connectivity index (χ4v) is 2.65. The predicted octanol–water partition coefficient (Wildman–Crippen LogP) is 2.77. The average Bonchev–Trinajstić information content (AvgIpc) is 3.20. The molecule has 1 atom stereocenters. The Labute approximate surface area is 146 Å². The van der Waals surface area contributed by atoms with Crippen LogP contribution in [0.25, 0.3) is 5.78 Å². The number of hydrogen-bond donors (Lipinski definition) is 1. The van der Waals surface area contributed by atoms with E-state index in [0.717, 1.165) is 4.52 Å². The molecule has 138 valence electrons. The molecule has 3 rings (SSSR count). The molecule has 0 unspecified atom stereocenters. The number of nitrogens with one attached hydrogen (secondary N) is 1. The number of halogens is 3. The van der Waals surface area contributed by atoms with E-state index in [0.29, 0.717) is 22.7 Å². The summed E-state index contributed by atoms with van der Waals surface area (Å²) in [5, 5.41) is 6.24. The lowest BCUT2D eigenvalue weighted by Gasteiger charge is -2.13. The second-order valence-corrected chi connectivity index (χ2v) is 5.89. The first kappa shape index (κ1) is 17.9. The van der Waals surface area contributed by atoms with E-state index in [1.54, 1.807) is 32.9 Å². The molecule has 3 aromatic heterocycles. The zero-order chi connectivity index (χ0) is 19.1. The van der Waals surface area contributed by atoms with E-state index in [4.69, 9.17) is 4.42 Å². The third-order valence-electron chi connectivity index (χ3n) is 3.99. The minimum absolute atomic E-state index is 0.0487. The van der Waals surface area contributed by atoms with Crippen molar-refractivity contribution in [2.24, 2.45) is 0 Å². The van der Waals surface area contributed by atoms with Gasteiger partial charge in [0, 0.05) is 17.0 Å². The van der Waals surface area contributed by atoms with Gasteiger partial charge in [0.1, 0.15) is 5.76 Å². The van der Waals surface area contributed by atoms with Gasteiger partial charge in [-0.05, 0) is 32.9 Å². The lowest BCUT2D eigenvalue weighted by Crippen LogP contribution is -2.28. The Kier molecular flexibility index (Phi) is 4.43. The molecule has 1 amide bonds. The van der Waals surface area contributed by atoms with E-state index in [1.165, 1.54) is 6.26 Å². The van der Waals surface area contributed by atoms with Crippen LogP contribution in [0, 0.1) is 13.8 Å². The second kappa shape index (κ2) is 6.43. The molecule has 0 aliphatic rings. The van der Waals surface area contributed by atoms with Gasteiger partial charge in [0.05, 0.1) is 18.7 Å². The quantitative estimate of drug-likeness (QED) is 0.766. The summed E-state index contributed by atoms with van der Waals surface area (Å²) in [5.74, 6) is -1.12. The van der Waals surface area contributed by atoms with Gasteiger partial charge in [-0.2, -0.15) is 18.2 Å². The van der Waals surface area contributed by atoms with Crippen molar-refractivity contribution in [3.05, 3.63) is 46.9 Å². The summed E-state index contributed by atoms with van der Waals surface area (Å²) in [6, 6.07) is 3.12. The first-order valence-electron chi connectivity index (χ1n) is 7.79. The number of furan rings is 1. The van der Waals surface area contributed by atoms with Crippen molar-refractivity contribution in [1.29, 1.82) is 0 Å². The van der Waals surface area contributed by atoms with Gasteiger partial charge in [-0.1, -0.05) is 0 Å². The van der Waals surface area contributed by atoms with E-state index in [1.807, 2.05) is 0 Å². The van der Waals surface area contributed by atoms with Gasteiger partial charge in [0.15, 0.2) is 0 Å². The van der Waals surface area contributed by atoms with Crippen LogP contribution in [0.5, 0.6) is 0 Å². The number of hydrogen-bond acceptors (Lipinski definition) is 5. The maximum atomic E-state index is 12.8. The predicted molar refractivity (Wildman–Crippen MR) is 84.2 cm³/mol. The van der Waals surface area contributed by atoms with Crippen LogP contribution in [0.15, 0.2) is 22.8 Å². The molecule has 0 saturated heterocycles. The number of carbonyl (C=O) groups excluding carboxylic acids is 1. The van der Waals surface area contributed by atoms with Crippen molar-refractivity contribution in [2.75, 3.05) is 0 Å². The highest BCUT2D eigenvalue weighted by atomic mass is 19.4. The molecule has 0 radical (unpaired) electrons. The molecular formula is C16H16F3N5O2. The van der Waals surface area contributed by atoms with Crippen LogP contribution in [-0.4, -0.2) is 25.5 Å². The zero-order valence-corrected chi connectivity index (χ0v) is 14.3. The maximum absolute atomic E-state index is 12.8. The Morgan fingerprint density at radius 2 is 2.08 bits per heavy atom. The topological polar surface area (TPSA) is 85.3 Å². The summed E-state index contributed by atoms with van der Waals surface area (Å²) in [4.78, 5) is 19.8. The first-order chi connectivity index (χ1) is 12.2. The van der Waals surface area contributed by atoms with Crippen LogP contribution in [-0.2, 0) is 17.4 Å². The van der Waals surface area contributed by atoms with Crippen molar-refractivity contribution in [3.8, 4) is 0 Å². The highest BCUT2D eigenvalue weighted by Gasteiger charge is 2.37. The number of aryl methyl sites for hydroxylation is 2. The Bertz CT molecular complexity index is 947. The smallest absolute Gasteiger partial charge is 0.453 e. The normalized spacial score (nSPS) is 13.2. The Balaban J connectivity index is 1.86. The summed E-state index contributed by atoms with van der Waals surface area (Å²) < 4.78 is 44.7. The summed E-state index contributed by atoms with van der Waals surface area (Å²) in [5.41, 5.74) is 1.31. The number of fused-ring (bicyclic) bond motifs is 1. The molecule has 26 heavy (non-hydrogen) atoms. The standard InChI is InChI=1S/C16H16F3N5O2/c1-8-11(7-13(25)20-9(2)12-5-4-6-26-12)10(3)24-15(21-8)22-14(23-24)16(17,18)19/h4-6,9H,7H2,1-3H3,(H,20,25)/t9-/m1/s1. The fraction of sp³-hybridized carbons (Fsp3) is 0.375. The molecule has 3 aromatic rings. The molecule has 10 heteroatoms. The molecule has 1 N–H and O–H groups in total. The summed E-state index contributed by atoms with van der Waals surface area (Å²) in [6.07, 6.45) is -3.20. The fourth-order valence-electron chi connectivity index (χ4n) is 2.65. The van der Waals surface area contributed by atoms with E-state index in [-0.39, 0.29) is 24.1 Å². The van der Waals surface area contributed by atoms with Crippen LogP contribution in [0.1, 0.15) is 41.5 Å². The number of alkyl halides is 3. The van der Waals surface area contributed by atoms with E-state index >= 15 is 0 Å². The van der Waals surface area contributed by atoms with Crippen LogP contribution in [0.2, 0.25) is 0 Å². The van der Waals surface area contributed by atoms with Gasteiger partial charge in [-0.3, -0.25) is 4.79 Å². The highest BCUT2D eigenvalue weighted by molar-refractivity contribution is 5.79. The molecule has 0 bridgehead atoms. The van der Waals surface area contributed by atoms with Crippen molar-refractivity contribution in [2.45, 2.75) is 39.4 Å². The Morgan fingerprint density at radius 3 is 2.69 bits per heavy atom. The largest absolute Gasteiger partial charge is 0.467 e. The molecular weight excluding hydrogens is 351 g/mol. The lowest BCUT2D eigenvalue weighted by molar-refractivity contribution is -0.144. The maximum Gasteiger partial charge on any atom is 0.453 e. The number of nitrogens with zero attached hydrogens (tertiary/aromatic N) is 4. The van der Waals surface area contributed by atoms with E-state index < -0.39 is 12.0 Å². The Hall–Kier alpha value is -2.91. The molecule has 3 heterocycles. The van der Waals surface area contributed by atoms with Gasteiger partial charge < -0.3 is 9.73 Å². The lowest BCUT2D eigenvalue weighted by atomic mass is 10.1. The minimum atomic E-state index is -4.66. The number of aromatic nitrogens is 4. The van der Waals surface area contributed by atoms with Gasteiger partial charge in [0.2, 0.25) is 5.91 Å². The summed E-state index contributed by atoms with van der Waals surface area (Å²) in [7, 11) is 0. The first-order valence-corrected chi connectivity index (χ1v) is 7.79. The number of carbonyl (C=O) groups is 1. The van der Waals surface area contributed by atoms with Crippen molar-refractivity contribution < 1.29 is 22.4 Å². The number of amides is 1. The third kappa shape index (κ3) is 3.39. The molecule has 0 aliphatic carbocycles. The Morgan fingerprint density at radius 1 is 1.35 bits per heavy atom. The minimum Gasteiger partial charge on any atom is -0.467 e. The van der Waals surface area contributed by atoms with Gasteiger partial charge >= 0.3 is 6.18 Å². The molecule has 0 spiro atoms. The molecule has 0 aliphatic heterocycles. The second-order valence-electron chi connectivity index (χ2n) is 5.89. The monoisotopic (exact) mass is 367 g/mol. The average molecular weight is 367 g/mol. The molecule has 0 saturated carbocycles. The van der Waals surface area contributed by atoms with Gasteiger partial charge in [0.25, 0.3) is 11.6 Å². The summed E-state index contributed by atoms with van der Waals surface area (Å²) >= 11 is 0. The van der Waals surface area contributed by atoms with Crippen LogP contribution >= 0.6 is 0 Å². The highest BCUT2D eigenvalue weighted by Crippen LogP contribution is 2.27. The van der Waals surface area contributed by atoms with E-state index in [9.17, 15) is 18.0 Å².